The molecule has 1 unspecified atom stereocenters. The molecular formula is C13H14N4O. The summed E-state index contributed by atoms with van der Waals surface area (Å²) in [6, 6.07) is 10.1. The summed E-state index contributed by atoms with van der Waals surface area (Å²) >= 11 is 0. The van der Waals surface area contributed by atoms with E-state index in [0.717, 1.165) is 0 Å². The van der Waals surface area contributed by atoms with Crippen LogP contribution in [-0.4, -0.2) is 11.6 Å². The lowest BCUT2D eigenvalue weighted by atomic mass is 10.0. The van der Waals surface area contributed by atoms with Crippen molar-refractivity contribution in [1.29, 1.82) is 10.5 Å². The van der Waals surface area contributed by atoms with E-state index in [0.29, 0.717) is 17.7 Å². The van der Waals surface area contributed by atoms with Crippen molar-refractivity contribution in [3.63, 3.8) is 0 Å². The zero-order chi connectivity index (χ0) is 13.6. The maximum atomic E-state index is 11.7. The number of nitrogens with one attached hydrogen (secondary N) is 2. The molecule has 1 rings (SSSR count). The van der Waals surface area contributed by atoms with Crippen molar-refractivity contribution in [2.45, 2.75) is 25.8 Å². The number of anilines is 1. The molecule has 0 radical (unpaired) electrons. The predicted molar refractivity (Wildman–Crippen MR) is 67.6 cm³/mol. The molecule has 1 aromatic rings. The van der Waals surface area contributed by atoms with Crippen LogP contribution in [0.2, 0.25) is 0 Å². The molecule has 5 heteroatoms. The Kier molecular flexibility index (Phi) is 4.28. The Morgan fingerprint density at radius 1 is 1.44 bits per heavy atom. The molecule has 0 spiro atoms. The largest absolute Gasteiger partial charge is 0.320 e. The van der Waals surface area contributed by atoms with Gasteiger partial charge in [-0.05, 0) is 31.5 Å². The molecular weight excluding hydrogens is 228 g/mol. The van der Waals surface area contributed by atoms with Gasteiger partial charge in [0.2, 0.25) is 0 Å². The Labute approximate surface area is 106 Å². The van der Waals surface area contributed by atoms with Crippen molar-refractivity contribution in [1.82, 2.24) is 5.32 Å². The van der Waals surface area contributed by atoms with Gasteiger partial charge in [-0.2, -0.15) is 10.5 Å². The van der Waals surface area contributed by atoms with Crippen molar-refractivity contribution < 1.29 is 4.79 Å². The highest BCUT2D eigenvalue weighted by Gasteiger charge is 2.23. The first-order valence-electron chi connectivity index (χ1n) is 5.53. The molecule has 5 nitrogen and oxygen atoms in total. The van der Waals surface area contributed by atoms with E-state index in [1.54, 1.807) is 31.2 Å². The van der Waals surface area contributed by atoms with Crippen LogP contribution in [0.4, 0.5) is 10.5 Å². The van der Waals surface area contributed by atoms with E-state index >= 15 is 0 Å². The molecule has 0 saturated heterocycles. The van der Waals surface area contributed by atoms with Crippen molar-refractivity contribution in [3.8, 4) is 12.1 Å². The summed E-state index contributed by atoms with van der Waals surface area (Å²) in [7, 11) is 0. The topological polar surface area (TPSA) is 88.7 Å². The van der Waals surface area contributed by atoms with E-state index in [-0.39, 0.29) is 0 Å². The summed E-state index contributed by atoms with van der Waals surface area (Å²) in [5.41, 5.74) is 0.0889. The van der Waals surface area contributed by atoms with Crippen LogP contribution in [0.15, 0.2) is 24.3 Å². The number of carbonyl (C=O) groups is 1. The third-order valence-electron chi connectivity index (χ3n) is 2.59. The van der Waals surface area contributed by atoms with Gasteiger partial charge in [0.05, 0.1) is 17.7 Å². The van der Waals surface area contributed by atoms with Crippen molar-refractivity contribution in [3.05, 3.63) is 29.8 Å². The summed E-state index contributed by atoms with van der Waals surface area (Å²) in [6.45, 7) is 3.47. The Balaban J connectivity index is 2.71. The minimum absolute atomic E-state index is 0.462. The van der Waals surface area contributed by atoms with Gasteiger partial charge in [-0.25, -0.2) is 4.79 Å². The van der Waals surface area contributed by atoms with Crippen molar-refractivity contribution in [2.24, 2.45) is 0 Å². The zero-order valence-corrected chi connectivity index (χ0v) is 10.3. The molecule has 0 aliphatic rings. The van der Waals surface area contributed by atoms with E-state index < -0.39 is 11.6 Å². The number of urea groups is 1. The van der Waals surface area contributed by atoms with E-state index in [1.165, 1.54) is 0 Å². The summed E-state index contributed by atoms with van der Waals surface area (Å²) in [4.78, 5) is 11.7. The summed E-state index contributed by atoms with van der Waals surface area (Å²) in [6.07, 6.45) is 0.509. The van der Waals surface area contributed by atoms with E-state index in [1.807, 2.05) is 19.1 Å². The second-order valence-electron chi connectivity index (χ2n) is 4.07. The van der Waals surface area contributed by atoms with Gasteiger partial charge in [0.25, 0.3) is 0 Å². The van der Waals surface area contributed by atoms with Crippen LogP contribution in [0, 0.1) is 22.7 Å². The highest BCUT2D eigenvalue weighted by atomic mass is 16.2. The van der Waals surface area contributed by atoms with Gasteiger partial charge < -0.3 is 10.6 Å². The van der Waals surface area contributed by atoms with Crippen LogP contribution in [-0.2, 0) is 0 Å². The minimum atomic E-state index is -0.892. The number of hydrogen-bond acceptors (Lipinski definition) is 3. The van der Waals surface area contributed by atoms with Crippen molar-refractivity contribution >= 4 is 11.7 Å². The van der Waals surface area contributed by atoms with Gasteiger partial charge in [-0.1, -0.05) is 13.0 Å². The third-order valence-corrected chi connectivity index (χ3v) is 2.59. The molecule has 0 heterocycles. The van der Waals surface area contributed by atoms with E-state index in [4.69, 9.17) is 10.5 Å². The molecule has 2 amide bonds. The molecule has 0 aromatic heterocycles. The third kappa shape index (κ3) is 3.50. The maximum Gasteiger partial charge on any atom is 0.320 e. The number of carbonyl (C=O) groups excluding carboxylic acids is 1. The second-order valence-corrected chi connectivity index (χ2v) is 4.07. The lowest BCUT2D eigenvalue weighted by molar-refractivity contribution is 0.244. The molecule has 18 heavy (non-hydrogen) atoms. The number of nitrogens with zero attached hydrogens (tertiary/aromatic N) is 2. The van der Waals surface area contributed by atoms with Crippen LogP contribution in [0.3, 0.4) is 0 Å². The van der Waals surface area contributed by atoms with Gasteiger partial charge in [-0.3, -0.25) is 0 Å². The fourth-order valence-electron chi connectivity index (χ4n) is 1.27. The molecule has 2 N–H and O–H groups in total. The molecule has 92 valence electrons. The lowest BCUT2D eigenvalue weighted by Gasteiger charge is -2.21. The number of hydrogen-bond donors (Lipinski definition) is 2. The molecule has 0 saturated carbocycles. The minimum Gasteiger partial charge on any atom is -0.320 e. The average Bonchev–Trinajstić information content (AvgIpc) is 2.38. The Hall–Kier alpha value is -2.53. The Bertz CT molecular complexity index is 527. The molecule has 1 atom stereocenters. The number of nitriles is 2. The first-order chi connectivity index (χ1) is 8.53. The standard InChI is InChI=1S/C13H14N4O/c1-3-13(2,9-15)17-12(18)16-11-6-4-5-10(7-11)8-14/h4-7H,3H2,1-2H3,(H2,16,17,18). The van der Waals surface area contributed by atoms with Gasteiger partial charge in [0.15, 0.2) is 0 Å². The zero-order valence-electron chi connectivity index (χ0n) is 10.3. The van der Waals surface area contributed by atoms with Crippen LogP contribution >= 0.6 is 0 Å². The van der Waals surface area contributed by atoms with Gasteiger partial charge in [-0.15, -0.1) is 0 Å². The number of rotatable bonds is 3. The monoisotopic (exact) mass is 242 g/mol. The fourth-order valence-corrected chi connectivity index (χ4v) is 1.27. The summed E-state index contributed by atoms with van der Waals surface area (Å²) < 4.78 is 0. The van der Waals surface area contributed by atoms with Gasteiger partial charge in [0.1, 0.15) is 5.54 Å². The van der Waals surface area contributed by atoms with Crippen LogP contribution < -0.4 is 10.6 Å². The molecule has 0 aliphatic heterocycles. The lowest BCUT2D eigenvalue weighted by Crippen LogP contribution is -2.46. The molecule has 0 aliphatic carbocycles. The smallest absolute Gasteiger partial charge is 0.320 e. The normalized spacial score (nSPS) is 12.7. The predicted octanol–water partition coefficient (Wildman–Crippen LogP) is 2.37. The molecule has 1 aromatic carbocycles. The maximum absolute atomic E-state index is 11.7. The van der Waals surface area contributed by atoms with Gasteiger partial charge >= 0.3 is 6.03 Å². The number of amides is 2. The molecule has 0 bridgehead atoms. The fraction of sp³-hybridized carbons (Fsp3) is 0.308. The Morgan fingerprint density at radius 3 is 2.72 bits per heavy atom. The average molecular weight is 242 g/mol. The SMILES string of the molecule is CCC(C)(C#N)NC(=O)Nc1cccc(C#N)c1. The summed E-state index contributed by atoms with van der Waals surface area (Å²) in [5, 5.41) is 22.9. The quantitative estimate of drug-likeness (QED) is 0.852. The van der Waals surface area contributed by atoms with Crippen LogP contribution in [0.5, 0.6) is 0 Å². The Morgan fingerprint density at radius 2 is 2.17 bits per heavy atom. The molecule has 0 fully saturated rings. The van der Waals surface area contributed by atoms with Crippen LogP contribution in [0.25, 0.3) is 0 Å². The summed E-state index contributed by atoms with van der Waals surface area (Å²) in [5.74, 6) is 0. The van der Waals surface area contributed by atoms with E-state index in [2.05, 4.69) is 10.6 Å². The van der Waals surface area contributed by atoms with E-state index in [9.17, 15) is 4.79 Å². The van der Waals surface area contributed by atoms with Crippen molar-refractivity contribution in [2.75, 3.05) is 5.32 Å². The highest BCUT2D eigenvalue weighted by Crippen LogP contribution is 2.11. The first kappa shape index (κ1) is 13.5. The highest BCUT2D eigenvalue weighted by molar-refractivity contribution is 5.90. The second kappa shape index (κ2) is 5.70. The first-order valence-corrected chi connectivity index (χ1v) is 5.53. The van der Waals surface area contributed by atoms with Crippen LogP contribution in [0.1, 0.15) is 25.8 Å². The van der Waals surface area contributed by atoms with Gasteiger partial charge in [0, 0.05) is 5.69 Å². The number of benzene rings is 1.